The zero-order chi connectivity index (χ0) is 25.6. The highest BCUT2D eigenvalue weighted by molar-refractivity contribution is 6.02. The van der Waals surface area contributed by atoms with Gasteiger partial charge in [-0.05, 0) is 69.6 Å². The molecule has 2 heterocycles. The molecule has 2 atom stereocenters. The van der Waals surface area contributed by atoms with E-state index in [4.69, 9.17) is 9.47 Å². The summed E-state index contributed by atoms with van der Waals surface area (Å²) in [5.41, 5.74) is 1.55. The Kier molecular flexibility index (Phi) is 9.11. The summed E-state index contributed by atoms with van der Waals surface area (Å²) in [6.45, 7) is 11.5. The highest BCUT2D eigenvalue weighted by Crippen LogP contribution is 2.28. The molecule has 0 aliphatic carbocycles. The van der Waals surface area contributed by atoms with Crippen LogP contribution in [0.1, 0.15) is 59.4 Å². The molecular formula is C28H40N2O5. The summed E-state index contributed by atoms with van der Waals surface area (Å²) >= 11 is 0. The minimum atomic E-state index is -0.686. The first-order chi connectivity index (χ1) is 16.5. The molecule has 3 rings (SSSR count). The van der Waals surface area contributed by atoms with E-state index in [0.717, 1.165) is 18.5 Å². The van der Waals surface area contributed by atoms with Gasteiger partial charge in [-0.3, -0.25) is 9.59 Å². The predicted octanol–water partition coefficient (Wildman–Crippen LogP) is 4.78. The van der Waals surface area contributed by atoms with E-state index in [1.807, 2.05) is 45.0 Å². The number of amides is 2. The van der Waals surface area contributed by atoms with Gasteiger partial charge in [-0.1, -0.05) is 38.1 Å². The maximum absolute atomic E-state index is 13.2. The molecule has 1 saturated heterocycles. The number of carbonyl (C=O) groups excluding carboxylic acids is 3. The highest BCUT2D eigenvalue weighted by atomic mass is 16.6. The number of allylic oxidation sites excluding steroid dienone is 1. The van der Waals surface area contributed by atoms with Crippen LogP contribution in [0.15, 0.2) is 36.4 Å². The van der Waals surface area contributed by atoms with Crippen LogP contribution in [0.25, 0.3) is 0 Å². The fourth-order valence-corrected chi connectivity index (χ4v) is 4.61. The van der Waals surface area contributed by atoms with Crippen molar-refractivity contribution in [2.45, 2.75) is 72.0 Å². The van der Waals surface area contributed by atoms with Crippen molar-refractivity contribution < 1.29 is 23.9 Å². The number of para-hydroxylation sites is 1. The number of benzene rings is 1. The highest BCUT2D eigenvalue weighted by Gasteiger charge is 2.31. The van der Waals surface area contributed by atoms with Crippen molar-refractivity contribution in [2.24, 2.45) is 11.8 Å². The Morgan fingerprint density at radius 3 is 2.63 bits per heavy atom. The number of ketones is 1. The molecule has 2 amide bonds. The van der Waals surface area contributed by atoms with Crippen molar-refractivity contribution in [3.8, 4) is 0 Å². The van der Waals surface area contributed by atoms with E-state index in [1.54, 1.807) is 15.9 Å². The van der Waals surface area contributed by atoms with E-state index < -0.39 is 17.8 Å². The van der Waals surface area contributed by atoms with Crippen molar-refractivity contribution in [2.75, 3.05) is 31.1 Å². The Morgan fingerprint density at radius 2 is 1.91 bits per heavy atom. The molecule has 0 unspecified atom stereocenters. The fourth-order valence-electron chi connectivity index (χ4n) is 4.61. The first kappa shape index (κ1) is 26.9. The third kappa shape index (κ3) is 7.92. The van der Waals surface area contributed by atoms with E-state index in [9.17, 15) is 14.4 Å². The van der Waals surface area contributed by atoms with E-state index >= 15 is 0 Å². The second kappa shape index (κ2) is 11.8. The third-order valence-corrected chi connectivity index (χ3v) is 6.19. The molecule has 2 aliphatic heterocycles. The molecule has 7 heteroatoms. The molecule has 0 spiro atoms. The van der Waals surface area contributed by atoms with Crippen molar-refractivity contribution >= 4 is 23.5 Å². The van der Waals surface area contributed by atoms with Crippen LogP contribution < -0.4 is 4.90 Å². The number of carbonyl (C=O) groups is 3. The lowest BCUT2D eigenvalue weighted by Crippen LogP contribution is -2.43. The maximum Gasteiger partial charge on any atom is 0.410 e. The molecule has 1 aromatic rings. The first-order valence-electron chi connectivity index (χ1n) is 12.7. The Hall–Kier alpha value is -2.67. The molecule has 0 bridgehead atoms. The van der Waals surface area contributed by atoms with Crippen LogP contribution in [0.4, 0.5) is 10.5 Å². The predicted molar refractivity (Wildman–Crippen MR) is 136 cm³/mol. The van der Waals surface area contributed by atoms with Crippen LogP contribution in [0, 0.1) is 11.8 Å². The topological polar surface area (TPSA) is 76.2 Å². The molecule has 0 N–H and O–H groups in total. The normalized spacial score (nSPS) is 19.5. The van der Waals surface area contributed by atoms with Crippen molar-refractivity contribution in [3.05, 3.63) is 42.0 Å². The molecule has 192 valence electrons. The van der Waals surface area contributed by atoms with Gasteiger partial charge in [0.15, 0.2) is 5.78 Å². The maximum atomic E-state index is 13.2. The zero-order valence-corrected chi connectivity index (χ0v) is 21.8. The van der Waals surface area contributed by atoms with E-state index in [-0.39, 0.29) is 30.6 Å². The largest absolute Gasteiger partial charge is 0.444 e. The molecule has 0 saturated carbocycles. The molecule has 0 aromatic heterocycles. The summed E-state index contributed by atoms with van der Waals surface area (Å²) in [5, 5.41) is 0. The summed E-state index contributed by atoms with van der Waals surface area (Å²) in [6.07, 6.45) is 4.96. The quantitative estimate of drug-likeness (QED) is 0.521. The Morgan fingerprint density at radius 1 is 1.17 bits per heavy atom. The van der Waals surface area contributed by atoms with Crippen molar-refractivity contribution in [3.63, 3.8) is 0 Å². The lowest BCUT2D eigenvalue weighted by Gasteiger charge is -2.28. The van der Waals surface area contributed by atoms with E-state index in [1.165, 1.54) is 5.56 Å². The van der Waals surface area contributed by atoms with Gasteiger partial charge in [0.05, 0.1) is 6.54 Å². The summed E-state index contributed by atoms with van der Waals surface area (Å²) in [6, 6.07) is 7.97. The van der Waals surface area contributed by atoms with Crippen LogP contribution >= 0.6 is 0 Å². The second-order valence-electron chi connectivity index (χ2n) is 10.9. The number of nitrogens with zero attached hydrogens (tertiary/aromatic N) is 2. The van der Waals surface area contributed by atoms with Crippen LogP contribution in [-0.4, -0.2) is 60.6 Å². The lowest BCUT2D eigenvalue weighted by atomic mass is 9.90. The smallest absolute Gasteiger partial charge is 0.410 e. The molecule has 1 fully saturated rings. The van der Waals surface area contributed by atoms with Gasteiger partial charge in [0.25, 0.3) is 5.91 Å². The van der Waals surface area contributed by atoms with Crippen molar-refractivity contribution in [1.29, 1.82) is 0 Å². The molecule has 2 aliphatic rings. The van der Waals surface area contributed by atoms with Gasteiger partial charge < -0.3 is 19.3 Å². The van der Waals surface area contributed by atoms with Gasteiger partial charge in [0.2, 0.25) is 0 Å². The van der Waals surface area contributed by atoms with Gasteiger partial charge in [-0.2, -0.15) is 0 Å². The molecule has 35 heavy (non-hydrogen) atoms. The number of anilines is 1. The van der Waals surface area contributed by atoms with Crippen LogP contribution in [0.3, 0.4) is 0 Å². The van der Waals surface area contributed by atoms with Gasteiger partial charge >= 0.3 is 6.09 Å². The van der Waals surface area contributed by atoms with Crippen molar-refractivity contribution in [1.82, 2.24) is 4.90 Å². The number of ether oxygens (including phenoxy) is 2. The fraction of sp³-hybridized carbons (Fsp3) is 0.607. The molecule has 0 radical (unpaired) electrons. The SMILES string of the molecule is CC(C)C[C@@H](/C=C/C(=O)N1CCc2ccccc21)CC(=O)[C@@H]1CN(C(=O)OC(C)(C)C)CCCO1. The van der Waals surface area contributed by atoms with E-state index in [0.29, 0.717) is 32.0 Å². The Bertz CT molecular complexity index is 934. The summed E-state index contributed by atoms with van der Waals surface area (Å²) in [4.78, 5) is 42.1. The number of Topliss-reactive ketones (excluding diaryl/α,β-unsaturated/α-hetero) is 1. The minimum Gasteiger partial charge on any atom is -0.444 e. The van der Waals surface area contributed by atoms with E-state index in [2.05, 4.69) is 19.9 Å². The van der Waals surface area contributed by atoms with Crippen LogP contribution in [0.2, 0.25) is 0 Å². The number of hydrogen-bond donors (Lipinski definition) is 0. The number of rotatable bonds is 7. The average molecular weight is 485 g/mol. The van der Waals surface area contributed by atoms with Gasteiger partial charge in [0, 0.05) is 31.8 Å². The standard InChI is InChI=1S/C28H40N2O5/c1-20(2)17-21(11-12-26(32)30-15-13-22-9-6-7-10-23(22)30)18-24(31)25-19-29(14-8-16-34-25)27(33)35-28(3,4)5/h6-7,9-12,20-21,25H,8,13-19H2,1-5H3/b12-11+/t21-,25+/m1/s1. The van der Waals surface area contributed by atoms with Crippen LogP contribution in [-0.2, 0) is 25.5 Å². The minimum absolute atomic E-state index is 0.0466. The van der Waals surface area contributed by atoms with Gasteiger partial charge in [-0.15, -0.1) is 0 Å². The number of fused-ring (bicyclic) bond motifs is 1. The zero-order valence-electron chi connectivity index (χ0n) is 21.8. The average Bonchev–Trinajstić information content (AvgIpc) is 3.04. The Labute approximate surface area is 209 Å². The summed E-state index contributed by atoms with van der Waals surface area (Å²) < 4.78 is 11.3. The lowest BCUT2D eigenvalue weighted by molar-refractivity contribution is -0.131. The van der Waals surface area contributed by atoms with Gasteiger partial charge in [0.1, 0.15) is 11.7 Å². The molecular weight excluding hydrogens is 444 g/mol. The monoisotopic (exact) mass is 484 g/mol. The second-order valence-corrected chi connectivity index (χ2v) is 10.9. The molecule has 1 aromatic carbocycles. The molecule has 7 nitrogen and oxygen atoms in total. The third-order valence-electron chi connectivity index (χ3n) is 6.19. The summed E-state index contributed by atoms with van der Waals surface area (Å²) in [5.74, 6) is 0.187. The summed E-state index contributed by atoms with van der Waals surface area (Å²) in [7, 11) is 0. The van der Waals surface area contributed by atoms with Crippen LogP contribution in [0.5, 0.6) is 0 Å². The van der Waals surface area contributed by atoms with Gasteiger partial charge in [-0.25, -0.2) is 4.79 Å². The first-order valence-corrected chi connectivity index (χ1v) is 12.7. The number of hydrogen-bond acceptors (Lipinski definition) is 5. The Balaban J connectivity index is 1.64.